The lowest BCUT2D eigenvalue weighted by Gasteiger charge is -2.37. The first-order valence-corrected chi connectivity index (χ1v) is 7.58. The van der Waals surface area contributed by atoms with E-state index in [1.807, 2.05) is 0 Å². The van der Waals surface area contributed by atoms with Crippen molar-refractivity contribution in [1.29, 1.82) is 0 Å². The molecule has 19 heavy (non-hydrogen) atoms. The molecule has 1 heterocycles. The highest BCUT2D eigenvalue weighted by molar-refractivity contribution is 5.55. The van der Waals surface area contributed by atoms with Crippen molar-refractivity contribution in [2.45, 2.75) is 32.7 Å². The number of piperazine rings is 1. The van der Waals surface area contributed by atoms with E-state index < -0.39 is 0 Å². The zero-order chi connectivity index (χ0) is 13.7. The summed E-state index contributed by atoms with van der Waals surface area (Å²) in [6.45, 7) is 10.2. The molecule has 0 aromatic heterocycles. The molecule has 1 aromatic rings. The lowest BCUT2D eigenvalue weighted by Crippen LogP contribution is -2.47. The van der Waals surface area contributed by atoms with Crippen LogP contribution in [0, 0.1) is 0 Å². The molecule has 2 rings (SSSR count). The lowest BCUT2D eigenvalue weighted by molar-refractivity contribution is 0.258. The van der Waals surface area contributed by atoms with Gasteiger partial charge in [0, 0.05) is 37.9 Å². The van der Waals surface area contributed by atoms with Gasteiger partial charge in [0.25, 0.3) is 0 Å². The highest BCUT2D eigenvalue weighted by Crippen LogP contribution is 2.27. The second kappa shape index (κ2) is 6.92. The summed E-state index contributed by atoms with van der Waals surface area (Å²) in [4.78, 5) is 5.05. The standard InChI is InChI=1S/C16H27N3/c1-3-9-18-10-12-19(13-11-18)16-8-6-5-7-14(16)15(17)4-2/h5-8,15H,3-4,9-13,17H2,1-2H3/t15-/m0/s1. The molecular formula is C16H27N3. The van der Waals surface area contributed by atoms with Crippen molar-refractivity contribution < 1.29 is 0 Å². The van der Waals surface area contributed by atoms with E-state index >= 15 is 0 Å². The van der Waals surface area contributed by atoms with Gasteiger partial charge >= 0.3 is 0 Å². The average Bonchev–Trinajstić information content (AvgIpc) is 2.47. The number of nitrogens with zero attached hydrogens (tertiary/aromatic N) is 2. The molecule has 3 heteroatoms. The monoisotopic (exact) mass is 261 g/mol. The van der Waals surface area contributed by atoms with E-state index in [1.165, 1.54) is 37.3 Å². The first-order valence-electron chi connectivity index (χ1n) is 7.58. The van der Waals surface area contributed by atoms with Crippen molar-refractivity contribution in [3.05, 3.63) is 29.8 Å². The molecule has 0 amide bonds. The number of nitrogens with two attached hydrogens (primary N) is 1. The number of benzene rings is 1. The van der Waals surface area contributed by atoms with E-state index in [2.05, 4.69) is 47.9 Å². The van der Waals surface area contributed by atoms with Crippen LogP contribution >= 0.6 is 0 Å². The molecule has 1 aliphatic heterocycles. The van der Waals surface area contributed by atoms with Gasteiger partial charge in [-0.05, 0) is 31.0 Å². The largest absolute Gasteiger partial charge is 0.369 e. The van der Waals surface area contributed by atoms with Crippen LogP contribution in [-0.4, -0.2) is 37.6 Å². The fourth-order valence-electron chi connectivity index (χ4n) is 2.84. The van der Waals surface area contributed by atoms with Crippen molar-refractivity contribution in [3.63, 3.8) is 0 Å². The minimum atomic E-state index is 0.157. The second-order valence-electron chi connectivity index (χ2n) is 5.40. The van der Waals surface area contributed by atoms with Crippen molar-refractivity contribution in [2.24, 2.45) is 5.73 Å². The van der Waals surface area contributed by atoms with Gasteiger partial charge in [0.1, 0.15) is 0 Å². The summed E-state index contributed by atoms with van der Waals surface area (Å²) in [6, 6.07) is 8.79. The molecular weight excluding hydrogens is 234 g/mol. The van der Waals surface area contributed by atoms with Gasteiger partial charge in [-0.2, -0.15) is 0 Å². The molecule has 1 atom stereocenters. The summed E-state index contributed by atoms with van der Waals surface area (Å²) in [5.74, 6) is 0. The molecule has 106 valence electrons. The van der Waals surface area contributed by atoms with Crippen LogP contribution in [0.15, 0.2) is 24.3 Å². The number of hydrogen-bond donors (Lipinski definition) is 1. The van der Waals surface area contributed by atoms with Gasteiger partial charge in [-0.1, -0.05) is 32.0 Å². The van der Waals surface area contributed by atoms with Crippen LogP contribution < -0.4 is 10.6 Å². The van der Waals surface area contributed by atoms with Crippen molar-refractivity contribution >= 4 is 5.69 Å². The Morgan fingerprint density at radius 3 is 2.42 bits per heavy atom. The maximum absolute atomic E-state index is 6.24. The summed E-state index contributed by atoms with van der Waals surface area (Å²) < 4.78 is 0. The van der Waals surface area contributed by atoms with Crippen LogP contribution in [0.4, 0.5) is 5.69 Å². The molecule has 0 unspecified atom stereocenters. The van der Waals surface area contributed by atoms with Crippen LogP contribution in [0.5, 0.6) is 0 Å². The Labute approximate surface area is 117 Å². The summed E-state index contributed by atoms with van der Waals surface area (Å²) in [6.07, 6.45) is 2.24. The molecule has 1 aromatic carbocycles. The molecule has 1 aliphatic rings. The number of para-hydroxylation sites is 1. The third-order valence-electron chi connectivity index (χ3n) is 4.03. The van der Waals surface area contributed by atoms with Gasteiger partial charge in [0.15, 0.2) is 0 Å². The molecule has 2 N–H and O–H groups in total. The zero-order valence-electron chi connectivity index (χ0n) is 12.3. The normalized spacial score (nSPS) is 18.6. The highest BCUT2D eigenvalue weighted by Gasteiger charge is 2.19. The molecule has 0 spiro atoms. The topological polar surface area (TPSA) is 32.5 Å². The molecule has 1 saturated heterocycles. The maximum Gasteiger partial charge on any atom is 0.0415 e. The zero-order valence-corrected chi connectivity index (χ0v) is 12.3. The van der Waals surface area contributed by atoms with E-state index in [4.69, 9.17) is 5.73 Å². The minimum absolute atomic E-state index is 0.157. The van der Waals surface area contributed by atoms with Crippen molar-refractivity contribution in [3.8, 4) is 0 Å². The van der Waals surface area contributed by atoms with Gasteiger partial charge in [0.05, 0.1) is 0 Å². The van der Waals surface area contributed by atoms with Crippen LogP contribution in [0.2, 0.25) is 0 Å². The Morgan fingerprint density at radius 2 is 1.79 bits per heavy atom. The highest BCUT2D eigenvalue weighted by atomic mass is 15.3. The van der Waals surface area contributed by atoms with E-state index in [-0.39, 0.29) is 6.04 Å². The van der Waals surface area contributed by atoms with E-state index in [1.54, 1.807) is 0 Å². The smallest absolute Gasteiger partial charge is 0.0415 e. The van der Waals surface area contributed by atoms with Gasteiger partial charge < -0.3 is 10.6 Å². The lowest BCUT2D eigenvalue weighted by atomic mass is 10.0. The number of anilines is 1. The SMILES string of the molecule is CCCN1CCN(c2ccccc2[C@@H](N)CC)CC1. The molecule has 0 radical (unpaired) electrons. The van der Waals surface area contributed by atoms with Crippen LogP contribution in [0.1, 0.15) is 38.3 Å². The average molecular weight is 261 g/mol. The fraction of sp³-hybridized carbons (Fsp3) is 0.625. The minimum Gasteiger partial charge on any atom is -0.369 e. The van der Waals surface area contributed by atoms with Crippen LogP contribution in [-0.2, 0) is 0 Å². The van der Waals surface area contributed by atoms with Gasteiger partial charge in [-0.25, -0.2) is 0 Å². The van der Waals surface area contributed by atoms with Crippen molar-refractivity contribution in [2.75, 3.05) is 37.6 Å². The predicted octanol–water partition coefficient (Wildman–Crippen LogP) is 2.63. The Morgan fingerprint density at radius 1 is 1.11 bits per heavy atom. The van der Waals surface area contributed by atoms with Gasteiger partial charge in [-0.3, -0.25) is 4.90 Å². The third kappa shape index (κ3) is 3.48. The predicted molar refractivity (Wildman–Crippen MR) is 82.6 cm³/mol. The van der Waals surface area contributed by atoms with E-state index in [0.717, 1.165) is 19.5 Å². The van der Waals surface area contributed by atoms with E-state index in [9.17, 15) is 0 Å². The Balaban J connectivity index is 2.07. The summed E-state index contributed by atoms with van der Waals surface area (Å²) in [5.41, 5.74) is 8.88. The molecule has 0 saturated carbocycles. The van der Waals surface area contributed by atoms with Gasteiger partial charge in [0.2, 0.25) is 0 Å². The summed E-state index contributed by atoms with van der Waals surface area (Å²) >= 11 is 0. The van der Waals surface area contributed by atoms with E-state index in [0.29, 0.717) is 0 Å². The molecule has 0 aliphatic carbocycles. The summed E-state index contributed by atoms with van der Waals surface area (Å²) in [5, 5.41) is 0. The first kappa shape index (κ1) is 14.4. The van der Waals surface area contributed by atoms with Crippen LogP contribution in [0.3, 0.4) is 0 Å². The molecule has 1 fully saturated rings. The van der Waals surface area contributed by atoms with Crippen LogP contribution in [0.25, 0.3) is 0 Å². The first-order chi connectivity index (χ1) is 9.26. The van der Waals surface area contributed by atoms with Gasteiger partial charge in [-0.15, -0.1) is 0 Å². The Kier molecular flexibility index (Phi) is 5.23. The summed E-state index contributed by atoms with van der Waals surface area (Å²) in [7, 11) is 0. The Hall–Kier alpha value is -1.06. The fourth-order valence-corrected chi connectivity index (χ4v) is 2.84. The van der Waals surface area contributed by atoms with Crippen molar-refractivity contribution in [1.82, 2.24) is 4.90 Å². The molecule has 3 nitrogen and oxygen atoms in total. The third-order valence-corrected chi connectivity index (χ3v) is 4.03. The quantitative estimate of drug-likeness (QED) is 0.884. The second-order valence-corrected chi connectivity index (χ2v) is 5.40. The number of hydrogen-bond acceptors (Lipinski definition) is 3. The Bertz CT molecular complexity index is 383. The maximum atomic E-state index is 6.24. The molecule has 0 bridgehead atoms. The number of rotatable bonds is 5.